The topological polar surface area (TPSA) is 85.1 Å². The first-order valence-corrected chi connectivity index (χ1v) is 6.34. The van der Waals surface area contributed by atoms with Gasteiger partial charge in [-0.1, -0.05) is 11.6 Å². The van der Waals surface area contributed by atoms with Crippen LogP contribution in [0.25, 0.3) is 0 Å². The fourth-order valence-corrected chi connectivity index (χ4v) is 2.31. The summed E-state index contributed by atoms with van der Waals surface area (Å²) in [4.78, 5) is 25.7. The van der Waals surface area contributed by atoms with Gasteiger partial charge < -0.3 is 0 Å². The van der Waals surface area contributed by atoms with Crippen LogP contribution in [0, 0.1) is 17.0 Å². The number of halogens is 1. The van der Waals surface area contributed by atoms with Gasteiger partial charge in [0.05, 0.1) is 4.92 Å². The van der Waals surface area contributed by atoms with Crippen molar-refractivity contribution in [3.8, 4) is 0 Å². The molecule has 1 aromatic heterocycles. The lowest BCUT2D eigenvalue weighted by atomic mass is 10.1. The van der Waals surface area contributed by atoms with Crippen molar-refractivity contribution in [2.24, 2.45) is 0 Å². The Balaban J connectivity index is 2.18. The molecule has 0 saturated heterocycles. The summed E-state index contributed by atoms with van der Waals surface area (Å²) >= 11 is 6.61. The zero-order valence-corrected chi connectivity index (χ0v) is 11.3. The Kier molecular flexibility index (Phi) is 3.77. The molecule has 2 aromatic rings. The number of aromatic nitrogens is 1. The van der Waals surface area contributed by atoms with Crippen molar-refractivity contribution in [2.45, 2.75) is 6.92 Å². The van der Waals surface area contributed by atoms with Crippen LogP contribution in [0.4, 0.5) is 10.1 Å². The molecule has 0 radical (unpaired) electrons. The highest BCUT2D eigenvalue weighted by Gasteiger charge is 2.15. The fraction of sp³-hybridized carbons (Fsp3) is 0.0909. The van der Waals surface area contributed by atoms with Crippen molar-refractivity contribution in [1.29, 1.82) is 0 Å². The first-order valence-electron chi connectivity index (χ1n) is 5.15. The molecule has 0 aliphatic heterocycles. The van der Waals surface area contributed by atoms with Crippen molar-refractivity contribution in [3.05, 3.63) is 50.7 Å². The fourth-order valence-electron chi connectivity index (χ4n) is 1.45. The van der Waals surface area contributed by atoms with E-state index in [9.17, 15) is 14.9 Å². The Labute approximate surface area is 117 Å². The van der Waals surface area contributed by atoms with E-state index in [-0.39, 0.29) is 16.0 Å². The van der Waals surface area contributed by atoms with Crippen LogP contribution < -0.4 is 5.32 Å². The predicted octanol–water partition coefficient (Wildman–Crippen LogP) is 3.27. The molecule has 1 heterocycles. The maximum absolute atomic E-state index is 12.0. The highest BCUT2D eigenvalue weighted by atomic mass is 35.5. The second-order valence-corrected chi connectivity index (χ2v) is 5.12. The lowest BCUT2D eigenvalue weighted by Gasteiger charge is -2.05. The summed E-state index contributed by atoms with van der Waals surface area (Å²) in [6.07, 6.45) is 1.11. The molecule has 1 aromatic carbocycles. The Morgan fingerprint density at radius 2 is 2.26 bits per heavy atom. The van der Waals surface area contributed by atoms with E-state index in [4.69, 9.17) is 11.6 Å². The minimum atomic E-state index is -0.555. The summed E-state index contributed by atoms with van der Waals surface area (Å²) in [6.45, 7) is 1.76. The zero-order valence-electron chi connectivity index (χ0n) is 9.71. The van der Waals surface area contributed by atoms with Gasteiger partial charge in [-0.15, -0.1) is 0 Å². The van der Waals surface area contributed by atoms with Gasteiger partial charge in [-0.2, -0.15) is 0 Å². The van der Waals surface area contributed by atoms with Crippen LogP contribution in [0.2, 0.25) is 5.02 Å². The average Bonchev–Trinajstić information content (AvgIpc) is 2.77. The number of amides is 1. The number of aryl methyl sites for hydroxylation is 1. The molecule has 0 spiro atoms. The number of carbonyl (C=O) groups excluding carboxylic acids is 1. The van der Waals surface area contributed by atoms with Crippen molar-refractivity contribution in [3.63, 3.8) is 0 Å². The molecule has 0 bridgehead atoms. The van der Waals surface area contributed by atoms with Gasteiger partial charge in [0.1, 0.15) is 6.20 Å². The van der Waals surface area contributed by atoms with E-state index in [0.29, 0.717) is 10.6 Å². The van der Waals surface area contributed by atoms with Gasteiger partial charge in [-0.3, -0.25) is 20.2 Å². The third-order valence-corrected chi connectivity index (χ3v) is 3.43. The van der Waals surface area contributed by atoms with Crippen LogP contribution in [0.3, 0.4) is 0 Å². The summed E-state index contributed by atoms with van der Waals surface area (Å²) in [5.41, 5.74) is 1.17. The number of nitro groups is 1. The van der Waals surface area contributed by atoms with Gasteiger partial charge in [0.15, 0.2) is 5.13 Å². The predicted molar refractivity (Wildman–Crippen MR) is 72.9 cm³/mol. The van der Waals surface area contributed by atoms with Crippen LogP contribution in [-0.2, 0) is 0 Å². The summed E-state index contributed by atoms with van der Waals surface area (Å²) < 4.78 is 0. The van der Waals surface area contributed by atoms with Crippen LogP contribution in [-0.4, -0.2) is 15.8 Å². The van der Waals surface area contributed by atoms with Gasteiger partial charge >= 0.3 is 5.00 Å². The van der Waals surface area contributed by atoms with E-state index in [0.717, 1.165) is 23.1 Å². The second-order valence-electron chi connectivity index (χ2n) is 3.67. The molecular weight excluding hydrogens is 290 g/mol. The molecular formula is C11H8ClN3O3S. The summed E-state index contributed by atoms with van der Waals surface area (Å²) in [6, 6.07) is 4.86. The maximum atomic E-state index is 12.0. The molecule has 1 amide bonds. The molecule has 0 atom stereocenters. The number of carbonyl (C=O) groups is 1. The summed E-state index contributed by atoms with van der Waals surface area (Å²) in [7, 11) is 0. The maximum Gasteiger partial charge on any atom is 0.345 e. The Morgan fingerprint density at radius 3 is 2.84 bits per heavy atom. The van der Waals surface area contributed by atoms with Gasteiger partial charge in [0, 0.05) is 10.6 Å². The first kappa shape index (κ1) is 13.4. The third kappa shape index (κ3) is 3.07. The Bertz CT molecular complexity index is 656. The number of benzene rings is 1. The van der Waals surface area contributed by atoms with E-state index in [2.05, 4.69) is 10.3 Å². The van der Waals surface area contributed by atoms with Crippen LogP contribution in [0.1, 0.15) is 15.9 Å². The highest BCUT2D eigenvalue weighted by Crippen LogP contribution is 2.25. The second kappa shape index (κ2) is 5.33. The normalized spacial score (nSPS) is 10.2. The van der Waals surface area contributed by atoms with Crippen molar-refractivity contribution in [2.75, 3.05) is 5.32 Å². The minimum Gasteiger partial charge on any atom is -0.298 e. The molecule has 19 heavy (non-hydrogen) atoms. The van der Waals surface area contributed by atoms with Gasteiger partial charge in [0.25, 0.3) is 5.91 Å². The number of hydrogen-bond acceptors (Lipinski definition) is 5. The van der Waals surface area contributed by atoms with E-state index < -0.39 is 4.92 Å². The average molecular weight is 298 g/mol. The number of nitrogens with zero attached hydrogens (tertiary/aromatic N) is 2. The molecule has 0 aliphatic carbocycles. The number of thiazole rings is 1. The van der Waals surface area contributed by atoms with Crippen molar-refractivity contribution in [1.82, 2.24) is 4.98 Å². The molecule has 0 fully saturated rings. The lowest BCUT2D eigenvalue weighted by molar-refractivity contribution is -0.380. The SMILES string of the molecule is Cc1cc(Cl)ccc1C(=O)Nc1ncc([N+](=O)[O-])s1. The lowest BCUT2D eigenvalue weighted by Crippen LogP contribution is -2.12. The molecule has 0 saturated carbocycles. The number of anilines is 1. The monoisotopic (exact) mass is 297 g/mol. The van der Waals surface area contributed by atoms with Crippen LogP contribution in [0.5, 0.6) is 0 Å². The number of hydrogen-bond donors (Lipinski definition) is 1. The molecule has 98 valence electrons. The Hall–Kier alpha value is -1.99. The Morgan fingerprint density at radius 1 is 1.53 bits per heavy atom. The number of nitrogens with one attached hydrogen (secondary N) is 1. The van der Waals surface area contributed by atoms with E-state index in [1.165, 1.54) is 0 Å². The number of rotatable bonds is 3. The van der Waals surface area contributed by atoms with Crippen molar-refractivity contribution >= 4 is 39.0 Å². The largest absolute Gasteiger partial charge is 0.345 e. The summed E-state index contributed by atoms with van der Waals surface area (Å²) in [5.74, 6) is -0.376. The van der Waals surface area contributed by atoms with Crippen LogP contribution >= 0.6 is 22.9 Å². The van der Waals surface area contributed by atoms with Crippen LogP contribution in [0.15, 0.2) is 24.4 Å². The van der Waals surface area contributed by atoms with E-state index in [1.54, 1.807) is 25.1 Å². The summed E-state index contributed by atoms with van der Waals surface area (Å²) in [5, 5.41) is 13.6. The zero-order chi connectivity index (χ0) is 14.0. The first-order chi connectivity index (χ1) is 8.97. The molecule has 1 N–H and O–H groups in total. The minimum absolute atomic E-state index is 0.122. The van der Waals surface area contributed by atoms with E-state index >= 15 is 0 Å². The highest BCUT2D eigenvalue weighted by molar-refractivity contribution is 7.18. The standard InChI is InChI=1S/C11H8ClN3O3S/c1-6-4-7(12)2-3-8(6)10(16)14-11-13-5-9(19-11)15(17)18/h2-5H,1H3,(H,13,14,16). The molecule has 2 rings (SSSR count). The molecule has 0 aliphatic rings. The van der Waals surface area contributed by atoms with Gasteiger partial charge in [-0.25, -0.2) is 4.98 Å². The third-order valence-electron chi connectivity index (χ3n) is 2.33. The van der Waals surface area contributed by atoms with Gasteiger partial charge in [-0.05, 0) is 42.0 Å². The van der Waals surface area contributed by atoms with E-state index in [1.807, 2.05) is 0 Å². The van der Waals surface area contributed by atoms with Gasteiger partial charge in [0.2, 0.25) is 0 Å². The van der Waals surface area contributed by atoms with Crippen molar-refractivity contribution < 1.29 is 9.72 Å². The smallest absolute Gasteiger partial charge is 0.298 e. The molecule has 8 heteroatoms. The molecule has 0 unspecified atom stereocenters. The quantitative estimate of drug-likeness (QED) is 0.696. The molecule has 6 nitrogen and oxygen atoms in total.